The van der Waals surface area contributed by atoms with Crippen molar-refractivity contribution in [1.82, 2.24) is 19.5 Å². The zero-order chi connectivity index (χ0) is 11.5. The predicted molar refractivity (Wildman–Crippen MR) is 63.2 cm³/mol. The van der Waals surface area contributed by atoms with Crippen molar-refractivity contribution in [3.63, 3.8) is 0 Å². The van der Waals surface area contributed by atoms with Gasteiger partial charge in [0, 0.05) is 0 Å². The van der Waals surface area contributed by atoms with Gasteiger partial charge in [-0.3, -0.25) is 0 Å². The van der Waals surface area contributed by atoms with E-state index in [9.17, 15) is 0 Å². The van der Waals surface area contributed by atoms with Crippen LogP contribution in [0, 0.1) is 11.8 Å². The van der Waals surface area contributed by atoms with E-state index in [0.717, 1.165) is 0 Å². The summed E-state index contributed by atoms with van der Waals surface area (Å²) in [5.74, 6) is 6.02. The van der Waals surface area contributed by atoms with E-state index < -0.39 is 0 Å². The van der Waals surface area contributed by atoms with E-state index in [1.54, 1.807) is 10.9 Å². The SMILES string of the molecule is Nc1nc(Cl)c2ncn(CC#CCCl)c2n1. The fourth-order valence-corrected chi connectivity index (χ4v) is 1.54. The van der Waals surface area contributed by atoms with E-state index in [2.05, 4.69) is 26.8 Å². The van der Waals surface area contributed by atoms with Crippen molar-refractivity contribution < 1.29 is 0 Å². The molecule has 2 N–H and O–H groups in total. The smallest absolute Gasteiger partial charge is 0.223 e. The first-order chi connectivity index (χ1) is 7.72. The van der Waals surface area contributed by atoms with Gasteiger partial charge in [-0.1, -0.05) is 23.4 Å². The third-order valence-corrected chi connectivity index (χ3v) is 2.28. The van der Waals surface area contributed by atoms with Crippen molar-refractivity contribution in [2.75, 3.05) is 11.6 Å². The van der Waals surface area contributed by atoms with Gasteiger partial charge in [-0.25, -0.2) is 4.98 Å². The number of aromatic nitrogens is 4. The Balaban J connectivity index is 2.47. The monoisotopic (exact) mass is 255 g/mol. The van der Waals surface area contributed by atoms with E-state index in [-0.39, 0.29) is 11.1 Å². The second-order valence-electron chi connectivity index (χ2n) is 2.90. The molecule has 82 valence electrons. The molecule has 0 fully saturated rings. The van der Waals surface area contributed by atoms with Crippen LogP contribution in [-0.4, -0.2) is 25.4 Å². The van der Waals surface area contributed by atoms with Crippen LogP contribution in [0.15, 0.2) is 6.33 Å². The quantitative estimate of drug-likeness (QED) is 0.474. The molecule has 0 aliphatic carbocycles. The first kappa shape index (κ1) is 11.0. The highest BCUT2D eigenvalue weighted by atomic mass is 35.5. The van der Waals surface area contributed by atoms with Crippen molar-refractivity contribution >= 4 is 40.3 Å². The van der Waals surface area contributed by atoms with Crippen LogP contribution in [0.2, 0.25) is 5.15 Å². The second kappa shape index (κ2) is 4.56. The molecule has 0 bridgehead atoms. The summed E-state index contributed by atoms with van der Waals surface area (Å²) in [6, 6.07) is 0. The lowest BCUT2D eigenvalue weighted by atomic mass is 10.5. The molecule has 7 heteroatoms. The Morgan fingerprint density at radius 1 is 1.38 bits per heavy atom. The average Bonchev–Trinajstić information content (AvgIpc) is 2.62. The van der Waals surface area contributed by atoms with Crippen LogP contribution in [0.25, 0.3) is 11.2 Å². The molecule has 0 aliphatic rings. The lowest BCUT2D eigenvalue weighted by Crippen LogP contribution is -2.00. The van der Waals surface area contributed by atoms with E-state index in [1.807, 2.05) is 0 Å². The summed E-state index contributed by atoms with van der Waals surface area (Å²) in [6.45, 7) is 0.440. The van der Waals surface area contributed by atoms with E-state index in [0.29, 0.717) is 23.6 Å². The molecule has 0 atom stereocenters. The number of hydrogen-bond donors (Lipinski definition) is 1. The summed E-state index contributed by atoms with van der Waals surface area (Å²) >= 11 is 11.3. The number of nitrogens with two attached hydrogens (primary N) is 1. The molecule has 0 aromatic carbocycles. The Bertz CT molecular complexity index is 581. The molecule has 0 aliphatic heterocycles. The number of halogens is 2. The maximum absolute atomic E-state index is 5.87. The zero-order valence-electron chi connectivity index (χ0n) is 8.11. The third-order valence-electron chi connectivity index (χ3n) is 1.88. The zero-order valence-corrected chi connectivity index (χ0v) is 9.63. The third kappa shape index (κ3) is 2.03. The summed E-state index contributed by atoms with van der Waals surface area (Å²) in [5.41, 5.74) is 6.59. The van der Waals surface area contributed by atoms with Crippen molar-refractivity contribution in [3.05, 3.63) is 11.5 Å². The highest BCUT2D eigenvalue weighted by Crippen LogP contribution is 2.19. The number of nitrogens with zero attached hydrogens (tertiary/aromatic N) is 4. The van der Waals surface area contributed by atoms with E-state index >= 15 is 0 Å². The number of nitrogen functional groups attached to an aromatic ring is 1. The molecule has 0 amide bonds. The molecule has 2 heterocycles. The van der Waals surface area contributed by atoms with Gasteiger partial charge in [0.1, 0.15) is 5.52 Å². The topological polar surface area (TPSA) is 69.6 Å². The molecule has 0 radical (unpaired) electrons. The lowest BCUT2D eigenvalue weighted by molar-refractivity contribution is 0.857. The van der Waals surface area contributed by atoms with Gasteiger partial charge in [0.15, 0.2) is 10.8 Å². The van der Waals surface area contributed by atoms with Crippen LogP contribution in [0.5, 0.6) is 0 Å². The molecule has 2 rings (SSSR count). The van der Waals surface area contributed by atoms with Crippen molar-refractivity contribution in [1.29, 1.82) is 0 Å². The van der Waals surface area contributed by atoms with Gasteiger partial charge in [-0.2, -0.15) is 9.97 Å². The maximum atomic E-state index is 5.87. The van der Waals surface area contributed by atoms with Gasteiger partial charge >= 0.3 is 0 Å². The van der Waals surface area contributed by atoms with Crippen LogP contribution in [0.3, 0.4) is 0 Å². The van der Waals surface area contributed by atoms with Gasteiger partial charge in [0.25, 0.3) is 0 Å². The molecule has 5 nitrogen and oxygen atoms in total. The standard InChI is InChI=1S/C9H7Cl2N5/c10-3-1-2-4-16-5-13-6-7(11)14-9(12)15-8(6)16/h5H,3-4H2,(H2,12,14,15). The van der Waals surface area contributed by atoms with Crippen LogP contribution in [-0.2, 0) is 6.54 Å². The number of alkyl halides is 1. The van der Waals surface area contributed by atoms with Gasteiger partial charge in [0.2, 0.25) is 5.95 Å². The Morgan fingerprint density at radius 2 is 2.19 bits per heavy atom. The minimum atomic E-state index is 0.115. The number of rotatable bonds is 1. The first-order valence-corrected chi connectivity index (χ1v) is 5.29. The van der Waals surface area contributed by atoms with Gasteiger partial charge in [-0.05, 0) is 0 Å². The Hall–Kier alpha value is -1.51. The van der Waals surface area contributed by atoms with Crippen molar-refractivity contribution in [2.45, 2.75) is 6.54 Å². The average molecular weight is 256 g/mol. The number of imidazole rings is 1. The fraction of sp³-hybridized carbons (Fsp3) is 0.222. The maximum Gasteiger partial charge on any atom is 0.223 e. The van der Waals surface area contributed by atoms with Crippen molar-refractivity contribution in [3.8, 4) is 11.8 Å². The minimum Gasteiger partial charge on any atom is -0.368 e. The summed E-state index contributed by atoms with van der Waals surface area (Å²) < 4.78 is 1.73. The number of fused-ring (bicyclic) bond motifs is 1. The Kier molecular flexibility index (Phi) is 3.13. The Morgan fingerprint density at radius 3 is 2.94 bits per heavy atom. The van der Waals surface area contributed by atoms with Crippen LogP contribution in [0.4, 0.5) is 5.95 Å². The molecule has 0 unspecified atom stereocenters. The van der Waals surface area contributed by atoms with Crippen LogP contribution >= 0.6 is 23.2 Å². The molecule has 2 aromatic heterocycles. The van der Waals surface area contributed by atoms with E-state index in [4.69, 9.17) is 28.9 Å². The normalized spacial score (nSPS) is 10.1. The molecule has 0 saturated carbocycles. The van der Waals surface area contributed by atoms with E-state index in [1.165, 1.54) is 0 Å². The van der Waals surface area contributed by atoms with Crippen LogP contribution in [0.1, 0.15) is 0 Å². The highest BCUT2D eigenvalue weighted by molar-refractivity contribution is 6.33. The Labute approximate surface area is 102 Å². The molecule has 0 saturated heterocycles. The molecule has 0 spiro atoms. The van der Waals surface area contributed by atoms with Crippen molar-refractivity contribution in [2.24, 2.45) is 0 Å². The molecular formula is C9H7Cl2N5. The lowest BCUT2D eigenvalue weighted by Gasteiger charge is -1.98. The van der Waals surface area contributed by atoms with Gasteiger partial charge in [-0.15, -0.1) is 11.6 Å². The molecule has 16 heavy (non-hydrogen) atoms. The minimum absolute atomic E-state index is 0.115. The summed E-state index contributed by atoms with van der Waals surface area (Å²) in [4.78, 5) is 12.0. The first-order valence-electron chi connectivity index (χ1n) is 4.38. The van der Waals surface area contributed by atoms with Gasteiger partial charge in [0.05, 0.1) is 18.8 Å². The molecule has 2 aromatic rings. The summed E-state index contributed by atoms with van der Waals surface area (Å²) in [7, 11) is 0. The largest absolute Gasteiger partial charge is 0.368 e. The number of anilines is 1. The fourth-order valence-electron chi connectivity index (χ4n) is 1.23. The van der Waals surface area contributed by atoms with Crippen LogP contribution < -0.4 is 5.73 Å². The molecular weight excluding hydrogens is 249 g/mol. The highest BCUT2D eigenvalue weighted by Gasteiger charge is 2.09. The number of hydrogen-bond acceptors (Lipinski definition) is 4. The van der Waals surface area contributed by atoms with Gasteiger partial charge < -0.3 is 10.3 Å². The predicted octanol–water partition coefficient (Wildman–Crippen LogP) is 1.30. The second-order valence-corrected chi connectivity index (χ2v) is 3.53. The summed E-state index contributed by atoms with van der Waals surface area (Å²) in [5, 5.41) is 0.242. The summed E-state index contributed by atoms with van der Waals surface area (Å²) in [6.07, 6.45) is 1.59.